The number of benzene rings is 2. The highest BCUT2D eigenvalue weighted by Crippen LogP contribution is 2.34. The van der Waals surface area contributed by atoms with E-state index in [0.717, 1.165) is 31.6 Å². The third-order valence-electron chi connectivity index (χ3n) is 6.48. The lowest BCUT2D eigenvalue weighted by molar-refractivity contribution is -0.127. The first-order valence-corrected chi connectivity index (χ1v) is 11.0. The predicted molar refractivity (Wildman–Crippen MR) is 122 cm³/mol. The fraction of sp³-hybridized carbons (Fsp3) is 0.423. The molecule has 1 amide bonds. The number of aromatic nitrogens is 1. The Bertz CT molecular complexity index is 1020. The average molecular weight is 405 g/mol. The molecule has 0 atom stereocenters. The number of carbonyl (C=O) groups excluding carboxylic acids is 1. The maximum absolute atomic E-state index is 12.4. The van der Waals surface area contributed by atoms with Gasteiger partial charge in [0.15, 0.2) is 0 Å². The first-order chi connectivity index (χ1) is 14.5. The van der Waals surface area contributed by atoms with Crippen LogP contribution in [0.2, 0.25) is 0 Å². The van der Waals surface area contributed by atoms with Crippen molar-refractivity contribution in [3.63, 3.8) is 0 Å². The summed E-state index contributed by atoms with van der Waals surface area (Å²) in [4.78, 5) is 12.4. The van der Waals surface area contributed by atoms with E-state index < -0.39 is 0 Å². The van der Waals surface area contributed by atoms with Crippen LogP contribution in [-0.4, -0.2) is 24.1 Å². The van der Waals surface area contributed by atoms with Gasteiger partial charge in [0.25, 0.3) is 0 Å². The topological polar surface area (TPSA) is 43.3 Å². The summed E-state index contributed by atoms with van der Waals surface area (Å²) in [6.45, 7) is 5.97. The second-order valence-electron chi connectivity index (χ2n) is 9.08. The van der Waals surface area contributed by atoms with Crippen LogP contribution >= 0.6 is 0 Å². The van der Waals surface area contributed by atoms with Crippen molar-refractivity contribution >= 4 is 16.8 Å². The highest BCUT2D eigenvalue weighted by atomic mass is 16.5. The zero-order chi connectivity index (χ0) is 21.1. The van der Waals surface area contributed by atoms with Crippen LogP contribution in [0.3, 0.4) is 0 Å². The number of hydrogen-bond donors (Lipinski definition) is 1. The number of carbonyl (C=O) groups is 1. The Morgan fingerprint density at radius 3 is 2.60 bits per heavy atom. The first-order valence-electron chi connectivity index (χ1n) is 11.0. The monoisotopic (exact) mass is 404 g/mol. The van der Waals surface area contributed by atoms with Crippen molar-refractivity contribution < 1.29 is 9.53 Å². The zero-order valence-electron chi connectivity index (χ0n) is 18.3. The number of aryl methyl sites for hydroxylation is 2. The summed E-state index contributed by atoms with van der Waals surface area (Å²) in [5.74, 6) is 1.28. The summed E-state index contributed by atoms with van der Waals surface area (Å²) in [6, 6.07) is 16.9. The molecule has 1 fully saturated rings. The predicted octanol–water partition coefficient (Wildman–Crippen LogP) is 5.09. The molecule has 0 saturated heterocycles. The minimum absolute atomic E-state index is 0.179. The molecule has 4 rings (SSSR count). The number of rotatable bonds is 8. The van der Waals surface area contributed by atoms with E-state index in [1.165, 1.54) is 28.5 Å². The molecule has 0 radical (unpaired) electrons. The summed E-state index contributed by atoms with van der Waals surface area (Å²) < 4.78 is 7.84. The molecule has 0 bridgehead atoms. The van der Waals surface area contributed by atoms with Gasteiger partial charge in [0.05, 0.1) is 7.11 Å². The highest BCUT2D eigenvalue weighted by Gasteiger charge is 2.29. The van der Waals surface area contributed by atoms with E-state index in [4.69, 9.17) is 4.74 Å². The molecule has 4 nitrogen and oxygen atoms in total. The second kappa shape index (κ2) is 8.55. The Kier molecular flexibility index (Phi) is 5.85. The van der Waals surface area contributed by atoms with Crippen LogP contribution in [0.1, 0.15) is 44.2 Å². The molecular weight excluding hydrogens is 372 g/mol. The van der Waals surface area contributed by atoms with Crippen LogP contribution < -0.4 is 10.1 Å². The molecule has 4 heteroatoms. The van der Waals surface area contributed by atoms with E-state index in [1.54, 1.807) is 7.11 Å². The third-order valence-corrected chi connectivity index (χ3v) is 6.48. The SMILES string of the molecule is COc1ccc2c(c1)c(C(C)(C)CNC(=O)C1CCC1)cn2CCc1ccccc1. The van der Waals surface area contributed by atoms with Gasteiger partial charge in [-0.05, 0) is 48.6 Å². The lowest BCUT2D eigenvalue weighted by atomic mass is 9.82. The van der Waals surface area contributed by atoms with Gasteiger partial charge >= 0.3 is 0 Å². The van der Waals surface area contributed by atoms with E-state index in [-0.39, 0.29) is 17.2 Å². The van der Waals surface area contributed by atoms with E-state index in [2.05, 4.69) is 72.4 Å². The van der Waals surface area contributed by atoms with Gasteiger partial charge in [-0.2, -0.15) is 0 Å². The molecule has 0 spiro atoms. The van der Waals surface area contributed by atoms with Crippen molar-refractivity contribution in [1.82, 2.24) is 9.88 Å². The minimum atomic E-state index is -0.179. The largest absolute Gasteiger partial charge is 0.497 e. The van der Waals surface area contributed by atoms with E-state index in [0.29, 0.717) is 6.54 Å². The summed E-state index contributed by atoms with van der Waals surface area (Å²) in [5.41, 5.74) is 3.61. The Morgan fingerprint density at radius 2 is 1.93 bits per heavy atom. The van der Waals surface area contributed by atoms with Crippen molar-refractivity contribution in [3.8, 4) is 5.75 Å². The summed E-state index contributed by atoms with van der Waals surface area (Å²) in [6.07, 6.45) is 6.48. The Balaban J connectivity index is 1.60. The lowest BCUT2D eigenvalue weighted by Crippen LogP contribution is -2.41. The third kappa shape index (κ3) is 4.23. The Labute approximate surface area is 179 Å². The molecule has 1 aliphatic rings. The molecule has 3 aromatic rings. The summed E-state index contributed by atoms with van der Waals surface area (Å²) in [5, 5.41) is 4.40. The van der Waals surface area contributed by atoms with Crippen molar-refractivity contribution in [2.24, 2.45) is 5.92 Å². The maximum atomic E-state index is 12.4. The molecular formula is C26H32N2O2. The van der Waals surface area contributed by atoms with Crippen molar-refractivity contribution in [2.45, 2.75) is 51.5 Å². The van der Waals surface area contributed by atoms with Crippen LogP contribution in [0, 0.1) is 5.92 Å². The number of fused-ring (bicyclic) bond motifs is 1. The van der Waals surface area contributed by atoms with Crippen LogP contribution in [0.4, 0.5) is 0 Å². The number of nitrogens with zero attached hydrogens (tertiary/aromatic N) is 1. The normalized spacial score (nSPS) is 14.5. The minimum Gasteiger partial charge on any atom is -0.497 e. The molecule has 0 unspecified atom stereocenters. The van der Waals surface area contributed by atoms with Gasteiger partial charge in [-0.3, -0.25) is 4.79 Å². The number of nitrogens with one attached hydrogen (secondary N) is 1. The number of amides is 1. The van der Waals surface area contributed by atoms with Crippen molar-refractivity contribution in [2.75, 3.05) is 13.7 Å². The standard InChI is InChI=1S/C26H32N2O2/c1-26(2,18-27-25(29)20-10-7-11-20)23-17-28(15-14-19-8-5-4-6-9-19)24-13-12-21(30-3)16-22(23)24/h4-6,8-9,12-13,16-17,20H,7,10-11,14-15,18H2,1-3H3,(H,27,29). The summed E-state index contributed by atoms with van der Waals surface area (Å²) in [7, 11) is 1.71. The molecule has 1 N–H and O–H groups in total. The first kappa shape index (κ1) is 20.5. The quantitative estimate of drug-likeness (QED) is 0.568. The maximum Gasteiger partial charge on any atom is 0.223 e. The Morgan fingerprint density at radius 1 is 1.17 bits per heavy atom. The van der Waals surface area contributed by atoms with E-state index in [9.17, 15) is 4.79 Å². The second-order valence-corrected chi connectivity index (χ2v) is 9.08. The average Bonchev–Trinajstić information content (AvgIpc) is 3.09. The van der Waals surface area contributed by atoms with Crippen LogP contribution in [-0.2, 0) is 23.2 Å². The van der Waals surface area contributed by atoms with Gasteiger partial charge in [-0.1, -0.05) is 50.6 Å². The van der Waals surface area contributed by atoms with E-state index >= 15 is 0 Å². The van der Waals surface area contributed by atoms with Gasteiger partial charge < -0.3 is 14.6 Å². The van der Waals surface area contributed by atoms with Crippen LogP contribution in [0.15, 0.2) is 54.7 Å². The fourth-order valence-corrected chi connectivity index (χ4v) is 4.24. The van der Waals surface area contributed by atoms with Gasteiger partial charge in [0, 0.05) is 41.5 Å². The van der Waals surface area contributed by atoms with E-state index in [1.807, 2.05) is 6.07 Å². The van der Waals surface area contributed by atoms with Crippen molar-refractivity contribution in [1.29, 1.82) is 0 Å². The zero-order valence-corrected chi connectivity index (χ0v) is 18.3. The van der Waals surface area contributed by atoms with Crippen molar-refractivity contribution in [3.05, 3.63) is 65.9 Å². The molecule has 1 saturated carbocycles. The Hall–Kier alpha value is -2.75. The molecule has 30 heavy (non-hydrogen) atoms. The molecule has 2 aromatic carbocycles. The van der Waals surface area contributed by atoms with Crippen LogP contribution in [0.5, 0.6) is 5.75 Å². The number of methoxy groups -OCH3 is 1. The molecule has 0 aliphatic heterocycles. The fourth-order valence-electron chi connectivity index (χ4n) is 4.24. The van der Waals surface area contributed by atoms with Gasteiger partial charge in [-0.15, -0.1) is 0 Å². The number of ether oxygens (including phenoxy) is 1. The van der Waals surface area contributed by atoms with Gasteiger partial charge in [-0.25, -0.2) is 0 Å². The van der Waals surface area contributed by atoms with Gasteiger partial charge in [0.1, 0.15) is 5.75 Å². The molecule has 158 valence electrons. The number of hydrogen-bond acceptors (Lipinski definition) is 2. The lowest BCUT2D eigenvalue weighted by Gasteiger charge is -2.29. The van der Waals surface area contributed by atoms with Gasteiger partial charge in [0.2, 0.25) is 5.91 Å². The smallest absolute Gasteiger partial charge is 0.223 e. The summed E-state index contributed by atoms with van der Waals surface area (Å²) >= 11 is 0. The molecule has 1 aromatic heterocycles. The molecule has 1 heterocycles. The highest BCUT2D eigenvalue weighted by molar-refractivity contribution is 5.87. The molecule has 1 aliphatic carbocycles. The van der Waals surface area contributed by atoms with Crippen LogP contribution in [0.25, 0.3) is 10.9 Å².